The van der Waals surface area contributed by atoms with Crippen molar-refractivity contribution in [3.63, 3.8) is 0 Å². The summed E-state index contributed by atoms with van der Waals surface area (Å²) in [6.07, 6.45) is 4.82. The van der Waals surface area contributed by atoms with Gasteiger partial charge in [0.05, 0.1) is 4.90 Å². The molecule has 2 rings (SSSR count). The van der Waals surface area contributed by atoms with E-state index in [0.29, 0.717) is 23.4 Å². The lowest BCUT2D eigenvalue weighted by Gasteiger charge is -2.19. The normalized spacial score (nSPS) is 16.8. The Kier molecular flexibility index (Phi) is 6.01. The van der Waals surface area contributed by atoms with Gasteiger partial charge in [0.25, 0.3) is 0 Å². The average Bonchev–Trinajstić information content (AvgIpc) is 3.04. The number of nitrogens with one attached hydrogen (secondary N) is 2. The molecule has 0 atom stereocenters. The molecule has 1 aliphatic rings. The van der Waals surface area contributed by atoms with Crippen LogP contribution in [-0.4, -0.2) is 45.9 Å². The van der Waals surface area contributed by atoms with Crippen LogP contribution in [0.1, 0.15) is 31.2 Å². The summed E-state index contributed by atoms with van der Waals surface area (Å²) in [5, 5.41) is 6.62. The summed E-state index contributed by atoms with van der Waals surface area (Å²) in [7, 11) is 1.36. The first-order valence-electron chi connectivity index (χ1n) is 7.92. The lowest BCUT2D eigenvalue weighted by molar-refractivity contribution is 0.519. The quantitative estimate of drug-likeness (QED) is 0.631. The molecule has 7 heteroatoms. The van der Waals surface area contributed by atoms with Crippen LogP contribution in [0.3, 0.4) is 0 Å². The van der Waals surface area contributed by atoms with Gasteiger partial charge >= 0.3 is 0 Å². The highest BCUT2D eigenvalue weighted by molar-refractivity contribution is 7.89. The van der Waals surface area contributed by atoms with Gasteiger partial charge in [-0.25, -0.2) is 12.7 Å². The van der Waals surface area contributed by atoms with Gasteiger partial charge in [0.2, 0.25) is 10.0 Å². The molecule has 0 spiro atoms. The van der Waals surface area contributed by atoms with Crippen LogP contribution < -0.4 is 10.6 Å². The van der Waals surface area contributed by atoms with Crippen LogP contribution in [0.4, 0.5) is 0 Å². The van der Waals surface area contributed by atoms with Gasteiger partial charge in [-0.2, -0.15) is 0 Å². The monoisotopic (exact) mass is 338 g/mol. The third kappa shape index (κ3) is 4.45. The van der Waals surface area contributed by atoms with Crippen LogP contribution in [0.15, 0.2) is 34.2 Å². The van der Waals surface area contributed by atoms with E-state index < -0.39 is 10.0 Å². The fraction of sp³-hybridized carbons (Fsp3) is 0.562. The Hall–Kier alpha value is -1.60. The van der Waals surface area contributed by atoms with Gasteiger partial charge in [0.1, 0.15) is 0 Å². The first-order valence-corrected chi connectivity index (χ1v) is 9.36. The molecule has 0 bridgehead atoms. The van der Waals surface area contributed by atoms with Crippen LogP contribution >= 0.6 is 0 Å². The van der Waals surface area contributed by atoms with Crippen molar-refractivity contribution in [3.05, 3.63) is 29.8 Å². The minimum atomic E-state index is -3.45. The number of aliphatic imine (C=N–C) groups is 1. The number of guanidine groups is 1. The fourth-order valence-electron chi connectivity index (χ4n) is 2.74. The highest BCUT2D eigenvalue weighted by Crippen LogP contribution is 2.19. The van der Waals surface area contributed by atoms with Gasteiger partial charge in [-0.3, -0.25) is 4.99 Å². The first kappa shape index (κ1) is 17.7. The predicted molar refractivity (Wildman–Crippen MR) is 92.9 cm³/mol. The maximum absolute atomic E-state index is 12.4. The van der Waals surface area contributed by atoms with Gasteiger partial charge in [0.15, 0.2) is 5.96 Å². The summed E-state index contributed by atoms with van der Waals surface area (Å²) in [6, 6.07) is 7.51. The van der Waals surface area contributed by atoms with E-state index in [1.165, 1.54) is 17.1 Å². The zero-order chi connectivity index (χ0) is 16.9. The minimum Gasteiger partial charge on any atom is -0.354 e. The Morgan fingerprint density at radius 2 is 1.91 bits per heavy atom. The molecule has 0 aliphatic heterocycles. The molecule has 1 saturated carbocycles. The number of rotatable bonds is 5. The molecule has 1 aromatic carbocycles. The zero-order valence-electron chi connectivity index (χ0n) is 14.0. The van der Waals surface area contributed by atoms with E-state index in [1.807, 2.05) is 12.1 Å². The average molecular weight is 338 g/mol. The van der Waals surface area contributed by atoms with Crippen molar-refractivity contribution >= 4 is 16.0 Å². The molecule has 2 N–H and O–H groups in total. The summed E-state index contributed by atoms with van der Waals surface area (Å²) in [5.74, 6) is 0.717. The molecule has 0 amide bonds. The summed E-state index contributed by atoms with van der Waals surface area (Å²) < 4.78 is 26.0. The van der Waals surface area contributed by atoms with E-state index in [0.717, 1.165) is 18.4 Å². The van der Waals surface area contributed by atoms with Crippen LogP contribution in [0.2, 0.25) is 0 Å². The second-order valence-electron chi connectivity index (χ2n) is 5.95. The molecule has 0 heterocycles. The van der Waals surface area contributed by atoms with Gasteiger partial charge < -0.3 is 10.6 Å². The highest BCUT2D eigenvalue weighted by atomic mass is 32.2. The molecular formula is C16H26N4O2S. The third-order valence-electron chi connectivity index (χ3n) is 4.10. The van der Waals surface area contributed by atoms with Crippen molar-refractivity contribution < 1.29 is 8.42 Å². The lowest BCUT2D eigenvalue weighted by atomic mass is 10.2. The fourth-order valence-corrected chi connectivity index (χ4v) is 3.85. The van der Waals surface area contributed by atoms with Gasteiger partial charge in [-0.1, -0.05) is 31.0 Å². The number of benzene rings is 1. The van der Waals surface area contributed by atoms with Crippen molar-refractivity contribution in [2.45, 2.75) is 43.2 Å². The van der Waals surface area contributed by atoms with E-state index >= 15 is 0 Å². The molecule has 1 fully saturated rings. The largest absolute Gasteiger partial charge is 0.354 e. The SMILES string of the molecule is CN=C(NCc1ccccc1S(=O)(=O)N(C)C)NC1CCCC1. The highest BCUT2D eigenvalue weighted by Gasteiger charge is 2.21. The predicted octanol–water partition coefficient (Wildman–Crippen LogP) is 1.54. The topological polar surface area (TPSA) is 73.8 Å². The molecular weight excluding hydrogens is 312 g/mol. The second-order valence-corrected chi connectivity index (χ2v) is 8.07. The van der Waals surface area contributed by atoms with Crippen LogP contribution in [0.5, 0.6) is 0 Å². The van der Waals surface area contributed by atoms with Gasteiger partial charge in [0, 0.05) is 33.7 Å². The second kappa shape index (κ2) is 7.79. The Morgan fingerprint density at radius 1 is 1.26 bits per heavy atom. The van der Waals surface area contributed by atoms with Gasteiger partial charge in [-0.15, -0.1) is 0 Å². The summed E-state index contributed by atoms with van der Waals surface area (Å²) in [4.78, 5) is 4.56. The Morgan fingerprint density at radius 3 is 2.52 bits per heavy atom. The van der Waals surface area contributed by atoms with E-state index in [2.05, 4.69) is 15.6 Å². The smallest absolute Gasteiger partial charge is 0.242 e. The Balaban J connectivity index is 2.08. The van der Waals surface area contributed by atoms with E-state index in [-0.39, 0.29) is 0 Å². The van der Waals surface area contributed by atoms with Crippen molar-refractivity contribution in [1.82, 2.24) is 14.9 Å². The number of sulfonamides is 1. The van der Waals surface area contributed by atoms with Crippen LogP contribution in [-0.2, 0) is 16.6 Å². The van der Waals surface area contributed by atoms with Crippen LogP contribution in [0.25, 0.3) is 0 Å². The van der Waals surface area contributed by atoms with Crippen molar-refractivity contribution in [2.24, 2.45) is 4.99 Å². The third-order valence-corrected chi connectivity index (χ3v) is 6.01. The maximum atomic E-state index is 12.4. The summed E-state index contributed by atoms with van der Waals surface area (Å²) >= 11 is 0. The van der Waals surface area contributed by atoms with E-state index in [9.17, 15) is 8.42 Å². The minimum absolute atomic E-state index is 0.328. The molecule has 128 valence electrons. The lowest BCUT2D eigenvalue weighted by Crippen LogP contribution is -2.42. The molecule has 6 nitrogen and oxygen atoms in total. The molecule has 0 aromatic heterocycles. The number of nitrogens with zero attached hydrogens (tertiary/aromatic N) is 2. The van der Waals surface area contributed by atoms with Crippen LogP contribution in [0, 0.1) is 0 Å². The Labute approximate surface area is 139 Å². The maximum Gasteiger partial charge on any atom is 0.242 e. The molecule has 1 aliphatic carbocycles. The Bertz CT molecular complexity index is 650. The van der Waals surface area contributed by atoms with Crippen molar-refractivity contribution in [2.75, 3.05) is 21.1 Å². The zero-order valence-corrected chi connectivity index (χ0v) is 14.9. The van der Waals surface area contributed by atoms with E-state index in [1.54, 1.807) is 33.3 Å². The molecule has 0 saturated heterocycles. The van der Waals surface area contributed by atoms with Crippen molar-refractivity contribution in [3.8, 4) is 0 Å². The van der Waals surface area contributed by atoms with Crippen molar-refractivity contribution in [1.29, 1.82) is 0 Å². The standard InChI is InChI=1S/C16H26N4O2S/c1-17-16(19-14-9-5-6-10-14)18-12-13-8-4-7-11-15(13)23(21,22)20(2)3/h4,7-8,11,14H,5-6,9-10,12H2,1-3H3,(H2,17,18,19). The summed E-state index contributed by atoms with van der Waals surface area (Å²) in [6.45, 7) is 0.412. The summed E-state index contributed by atoms with van der Waals surface area (Å²) in [5.41, 5.74) is 0.732. The molecule has 0 radical (unpaired) electrons. The van der Waals surface area contributed by atoms with E-state index in [4.69, 9.17) is 0 Å². The number of hydrogen-bond donors (Lipinski definition) is 2. The number of hydrogen-bond acceptors (Lipinski definition) is 3. The van der Waals surface area contributed by atoms with Gasteiger partial charge in [-0.05, 0) is 24.5 Å². The first-order chi connectivity index (χ1) is 10.9. The molecule has 1 aromatic rings. The molecule has 23 heavy (non-hydrogen) atoms. The molecule has 0 unspecified atom stereocenters.